The van der Waals surface area contributed by atoms with Crippen molar-refractivity contribution in [2.45, 2.75) is 13.8 Å². The summed E-state index contributed by atoms with van der Waals surface area (Å²) in [6.45, 7) is 3.75. The molecule has 0 saturated carbocycles. The summed E-state index contributed by atoms with van der Waals surface area (Å²) >= 11 is 0. The van der Waals surface area contributed by atoms with E-state index in [0.717, 1.165) is 11.3 Å². The molecule has 4 nitrogen and oxygen atoms in total. The minimum Gasteiger partial charge on any atom is -0.477 e. The highest BCUT2D eigenvalue weighted by atomic mass is 16.4. The second-order valence-electron chi connectivity index (χ2n) is 4.20. The molecule has 0 atom stereocenters. The zero-order chi connectivity index (χ0) is 13.3. The summed E-state index contributed by atoms with van der Waals surface area (Å²) in [6.07, 6.45) is 1.37. The van der Waals surface area contributed by atoms with Crippen LogP contribution >= 0.6 is 0 Å². The monoisotopic (exact) mass is 243 g/mol. The van der Waals surface area contributed by atoms with Crippen LogP contribution in [-0.4, -0.2) is 15.6 Å². The summed E-state index contributed by atoms with van der Waals surface area (Å²) in [5.74, 6) is -1.21. The van der Waals surface area contributed by atoms with Gasteiger partial charge in [-0.15, -0.1) is 0 Å². The van der Waals surface area contributed by atoms with Crippen molar-refractivity contribution >= 4 is 5.97 Å². The normalized spacial score (nSPS) is 10.3. The van der Waals surface area contributed by atoms with Gasteiger partial charge in [-0.3, -0.25) is 4.79 Å². The maximum Gasteiger partial charge on any atom is 0.341 e. The third-order valence-corrected chi connectivity index (χ3v) is 2.79. The van der Waals surface area contributed by atoms with Gasteiger partial charge in [0, 0.05) is 23.6 Å². The molecule has 0 radical (unpaired) electrons. The molecule has 0 bridgehead atoms. The molecule has 1 aromatic heterocycles. The molecule has 92 valence electrons. The summed E-state index contributed by atoms with van der Waals surface area (Å²) in [5.41, 5.74) is 1.97. The maximum absolute atomic E-state index is 11.5. The fourth-order valence-electron chi connectivity index (χ4n) is 1.78. The SMILES string of the molecule is Cc1ccc(-n2cc(C(=O)O)c(=O)cc2C)cc1. The first-order chi connectivity index (χ1) is 8.49. The first-order valence-corrected chi connectivity index (χ1v) is 5.52. The number of hydrogen-bond acceptors (Lipinski definition) is 2. The number of benzene rings is 1. The van der Waals surface area contributed by atoms with Crippen LogP contribution in [0.4, 0.5) is 0 Å². The average molecular weight is 243 g/mol. The molecule has 1 heterocycles. The van der Waals surface area contributed by atoms with E-state index in [1.165, 1.54) is 12.3 Å². The van der Waals surface area contributed by atoms with Gasteiger partial charge < -0.3 is 9.67 Å². The molecule has 4 heteroatoms. The van der Waals surface area contributed by atoms with E-state index in [2.05, 4.69) is 0 Å². The van der Waals surface area contributed by atoms with Crippen LogP contribution in [0.1, 0.15) is 21.6 Å². The maximum atomic E-state index is 11.5. The van der Waals surface area contributed by atoms with E-state index in [4.69, 9.17) is 5.11 Å². The van der Waals surface area contributed by atoms with Gasteiger partial charge in [0.1, 0.15) is 5.56 Å². The second kappa shape index (κ2) is 4.49. The van der Waals surface area contributed by atoms with Crippen LogP contribution in [0, 0.1) is 13.8 Å². The number of carboxylic acids is 1. The molecule has 0 aliphatic rings. The highest BCUT2D eigenvalue weighted by Crippen LogP contribution is 2.12. The number of carboxylic acid groups (broad SMARTS) is 1. The number of aromatic nitrogens is 1. The number of nitrogens with zero attached hydrogens (tertiary/aromatic N) is 1. The lowest BCUT2D eigenvalue weighted by Crippen LogP contribution is -2.18. The summed E-state index contributed by atoms with van der Waals surface area (Å²) in [4.78, 5) is 22.5. The standard InChI is InChI=1S/C14H13NO3/c1-9-3-5-11(6-4-9)15-8-12(14(17)18)13(16)7-10(15)2/h3-8H,1-2H3,(H,17,18). The predicted molar refractivity (Wildman–Crippen MR) is 68.5 cm³/mol. The molecule has 0 unspecified atom stereocenters. The first kappa shape index (κ1) is 12.1. The van der Waals surface area contributed by atoms with Gasteiger partial charge in [-0.05, 0) is 26.0 Å². The van der Waals surface area contributed by atoms with Gasteiger partial charge in [0.05, 0.1) is 0 Å². The zero-order valence-electron chi connectivity index (χ0n) is 10.2. The van der Waals surface area contributed by atoms with Crippen molar-refractivity contribution in [2.75, 3.05) is 0 Å². The number of carbonyl (C=O) groups is 1. The van der Waals surface area contributed by atoms with Crippen LogP contribution in [0.25, 0.3) is 5.69 Å². The molecule has 0 saturated heterocycles. The third-order valence-electron chi connectivity index (χ3n) is 2.79. The van der Waals surface area contributed by atoms with Gasteiger partial charge in [-0.25, -0.2) is 4.79 Å². The Morgan fingerprint density at radius 1 is 1.17 bits per heavy atom. The Kier molecular flexibility index (Phi) is 3.02. The van der Waals surface area contributed by atoms with E-state index >= 15 is 0 Å². The second-order valence-corrected chi connectivity index (χ2v) is 4.20. The quantitative estimate of drug-likeness (QED) is 0.879. The van der Waals surface area contributed by atoms with Crippen LogP contribution < -0.4 is 5.43 Å². The van der Waals surface area contributed by atoms with Crippen molar-refractivity contribution in [2.24, 2.45) is 0 Å². The van der Waals surface area contributed by atoms with E-state index in [0.29, 0.717) is 5.69 Å². The molecule has 0 spiro atoms. The molecule has 0 fully saturated rings. The predicted octanol–water partition coefficient (Wildman–Crippen LogP) is 2.15. The molecule has 1 N–H and O–H groups in total. The van der Waals surface area contributed by atoms with Gasteiger partial charge in [-0.1, -0.05) is 17.7 Å². The van der Waals surface area contributed by atoms with Crippen LogP contribution in [0.2, 0.25) is 0 Å². The van der Waals surface area contributed by atoms with Gasteiger partial charge in [0.15, 0.2) is 5.43 Å². The Bertz CT molecular complexity index is 654. The van der Waals surface area contributed by atoms with Crippen molar-refractivity contribution in [3.8, 4) is 5.69 Å². The van der Waals surface area contributed by atoms with Crippen LogP contribution in [0.5, 0.6) is 0 Å². The molecule has 0 aliphatic carbocycles. The molecule has 18 heavy (non-hydrogen) atoms. The summed E-state index contributed by atoms with van der Waals surface area (Å²) in [5, 5.41) is 8.96. The number of hydrogen-bond donors (Lipinski definition) is 1. The topological polar surface area (TPSA) is 59.3 Å². The van der Waals surface area contributed by atoms with Crippen molar-refractivity contribution < 1.29 is 9.90 Å². The average Bonchev–Trinajstić information content (AvgIpc) is 2.30. The Morgan fingerprint density at radius 2 is 1.78 bits per heavy atom. The Balaban J connectivity index is 2.64. The molecule has 0 aliphatic heterocycles. The van der Waals surface area contributed by atoms with Crippen LogP contribution in [-0.2, 0) is 0 Å². The van der Waals surface area contributed by atoms with E-state index in [9.17, 15) is 9.59 Å². The fourth-order valence-corrected chi connectivity index (χ4v) is 1.78. The molecular weight excluding hydrogens is 230 g/mol. The first-order valence-electron chi connectivity index (χ1n) is 5.52. The minimum absolute atomic E-state index is 0.221. The Labute approximate surface area is 104 Å². The van der Waals surface area contributed by atoms with Crippen molar-refractivity contribution in [3.63, 3.8) is 0 Å². The highest BCUT2D eigenvalue weighted by molar-refractivity contribution is 5.87. The number of pyridine rings is 1. The summed E-state index contributed by atoms with van der Waals surface area (Å²) in [7, 11) is 0. The molecule has 0 amide bonds. The number of aromatic carboxylic acids is 1. The van der Waals surface area contributed by atoms with Gasteiger partial charge in [0.25, 0.3) is 0 Å². The van der Waals surface area contributed by atoms with Crippen molar-refractivity contribution in [1.29, 1.82) is 0 Å². The molecule has 1 aromatic carbocycles. The molecule has 2 aromatic rings. The highest BCUT2D eigenvalue weighted by Gasteiger charge is 2.11. The van der Waals surface area contributed by atoms with E-state index in [1.54, 1.807) is 11.5 Å². The number of rotatable bonds is 2. The Hall–Kier alpha value is -2.36. The van der Waals surface area contributed by atoms with E-state index in [1.807, 2.05) is 31.2 Å². The molecule has 2 rings (SSSR count). The van der Waals surface area contributed by atoms with Crippen molar-refractivity contribution in [1.82, 2.24) is 4.57 Å². The zero-order valence-corrected chi connectivity index (χ0v) is 10.2. The summed E-state index contributed by atoms with van der Waals surface area (Å²) < 4.78 is 1.70. The smallest absolute Gasteiger partial charge is 0.341 e. The van der Waals surface area contributed by atoms with Crippen LogP contribution in [0.15, 0.2) is 41.3 Å². The van der Waals surface area contributed by atoms with Gasteiger partial charge in [-0.2, -0.15) is 0 Å². The lowest BCUT2D eigenvalue weighted by molar-refractivity contribution is 0.0695. The molecular formula is C14H13NO3. The largest absolute Gasteiger partial charge is 0.477 e. The Morgan fingerprint density at radius 3 is 2.33 bits per heavy atom. The summed E-state index contributed by atoms with van der Waals surface area (Å²) in [6, 6.07) is 8.99. The number of aryl methyl sites for hydroxylation is 2. The third kappa shape index (κ3) is 2.18. The van der Waals surface area contributed by atoms with Gasteiger partial charge >= 0.3 is 5.97 Å². The van der Waals surface area contributed by atoms with E-state index in [-0.39, 0.29) is 5.56 Å². The lowest BCUT2D eigenvalue weighted by atomic mass is 10.2. The minimum atomic E-state index is -1.21. The fraction of sp³-hybridized carbons (Fsp3) is 0.143. The van der Waals surface area contributed by atoms with Crippen LogP contribution in [0.3, 0.4) is 0 Å². The van der Waals surface area contributed by atoms with E-state index < -0.39 is 11.4 Å². The lowest BCUT2D eigenvalue weighted by Gasteiger charge is -2.11. The van der Waals surface area contributed by atoms with Crippen molar-refractivity contribution in [3.05, 3.63) is 63.6 Å². The van der Waals surface area contributed by atoms with Gasteiger partial charge in [0.2, 0.25) is 0 Å².